The minimum absolute atomic E-state index is 0.0130. The van der Waals surface area contributed by atoms with Gasteiger partial charge in [-0.2, -0.15) is 0 Å². The van der Waals surface area contributed by atoms with Gasteiger partial charge in [-0.1, -0.05) is 38.8 Å². The van der Waals surface area contributed by atoms with Crippen LogP contribution in [0.2, 0.25) is 0 Å². The van der Waals surface area contributed by atoms with Crippen LogP contribution in [-0.2, 0) is 38.1 Å². The lowest BCUT2D eigenvalue weighted by atomic mass is 9.43. The van der Waals surface area contributed by atoms with Gasteiger partial charge >= 0.3 is 17.9 Å². The summed E-state index contributed by atoms with van der Waals surface area (Å²) < 4.78 is 29.5. The lowest BCUT2D eigenvalue weighted by molar-refractivity contribution is -0.447. The number of ether oxygens (including phenoxy) is 5. The summed E-state index contributed by atoms with van der Waals surface area (Å²) in [5.74, 6) is -2.98. The summed E-state index contributed by atoms with van der Waals surface area (Å²) in [6.07, 6.45) is 1.24. The maximum absolute atomic E-state index is 13.6. The first-order chi connectivity index (χ1) is 18.0. The highest BCUT2D eigenvalue weighted by molar-refractivity contribution is 5.90. The second-order valence-electron chi connectivity index (χ2n) is 13.1. The Morgan fingerprint density at radius 2 is 1.97 bits per heavy atom. The zero-order chi connectivity index (χ0) is 27.0. The van der Waals surface area contributed by atoms with E-state index < -0.39 is 64.9 Å². The van der Waals surface area contributed by atoms with Gasteiger partial charge in [0.25, 0.3) is 0 Å². The number of carboxylic acid groups (broad SMARTS) is 1. The van der Waals surface area contributed by atoms with Crippen LogP contribution in [0.3, 0.4) is 0 Å². The monoisotopic (exact) mass is 532 g/mol. The number of carbonyl (C=O) groups is 3. The highest BCUT2D eigenvalue weighted by Gasteiger charge is 2.85. The normalized spacial score (nSPS) is 54.9. The molecule has 0 aromatic rings. The number of aliphatic carboxylic acids is 1. The van der Waals surface area contributed by atoms with Gasteiger partial charge in [0.2, 0.25) is 0 Å². The van der Waals surface area contributed by atoms with Crippen molar-refractivity contribution >= 4 is 18.2 Å². The van der Waals surface area contributed by atoms with E-state index in [1.807, 2.05) is 13.8 Å². The smallest absolute Gasteiger partial charge is 0.316 e. The molecule has 8 bridgehead atoms. The number of carboxylic acids is 1. The molecule has 208 valence electrons. The van der Waals surface area contributed by atoms with Gasteiger partial charge in [-0.25, -0.2) is 0 Å². The zero-order valence-corrected chi connectivity index (χ0v) is 22.1. The largest absolute Gasteiger partial charge is 0.481 e. The van der Waals surface area contributed by atoms with Gasteiger partial charge in [-0.3, -0.25) is 14.3 Å². The molecule has 0 aromatic carbocycles. The first-order valence-corrected chi connectivity index (χ1v) is 13.9. The second kappa shape index (κ2) is 7.66. The average molecular weight is 533 g/mol. The SMILES string of the molecule is CC(=O)O[C@H]1[C@H]2O[C@@H]3O[C@@](OC[C@]45C[C@H]6[C@H](C)CC[C@H]6[C@]6(C=O)C[C@H]4C=C(C(C)C)[C@]56C(=O)O)(O[C@@H]31)[C@H]2O. The molecule has 13 atom stereocenters. The quantitative estimate of drug-likeness (QED) is 0.285. The molecule has 0 radical (unpaired) electrons. The minimum Gasteiger partial charge on any atom is -0.481 e. The van der Waals surface area contributed by atoms with Crippen molar-refractivity contribution in [1.29, 1.82) is 0 Å². The lowest BCUT2D eigenvalue weighted by Gasteiger charge is -2.58. The standard InChI is InChI=1S/C28H36O10/c1-12(2)18-7-15-8-25(10-29)17-6-5-13(3)16(17)9-26(15,27(18,25)24(32)33)11-34-28-22(31)20-19(35-14(4)30)21(37-28)23(36-20)38-28/h7,10,12-13,15-17,19-23,31H,5-6,8-9,11H2,1-4H3,(H,32,33)/t13-,15-,16+,17-,19+,20-,21-,22+,23-,25-,26-,27-,28+/m1/s1. The van der Waals surface area contributed by atoms with E-state index in [1.165, 1.54) is 6.92 Å². The van der Waals surface area contributed by atoms with Crippen molar-refractivity contribution < 1.29 is 48.3 Å². The summed E-state index contributed by atoms with van der Waals surface area (Å²) in [5, 5.41) is 22.3. The Balaban J connectivity index is 1.29. The predicted octanol–water partition coefficient (Wildman–Crippen LogP) is 2.03. The first-order valence-electron chi connectivity index (χ1n) is 13.9. The van der Waals surface area contributed by atoms with Crippen LogP contribution in [0.15, 0.2) is 11.6 Å². The third-order valence-electron chi connectivity index (χ3n) is 11.4. The number of rotatable bonds is 7. The molecule has 38 heavy (non-hydrogen) atoms. The number of allylic oxidation sites excluding steroid dienone is 1. The van der Waals surface area contributed by atoms with Crippen LogP contribution in [-0.4, -0.2) is 71.7 Å². The number of hydrogen-bond acceptors (Lipinski definition) is 9. The highest BCUT2D eigenvalue weighted by atomic mass is 17.0. The maximum Gasteiger partial charge on any atom is 0.316 e. The van der Waals surface area contributed by atoms with Crippen molar-refractivity contribution in [3.63, 3.8) is 0 Å². The van der Waals surface area contributed by atoms with E-state index in [2.05, 4.69) is 13.0 Å². The predicted molar refractivity (Wildman–Crippen MR) is 127 cm³/mol. The van der Waals surface area contributed by atoms with E-state index in [1.54, 1.807) is 0 Å². The third-order valence-corrected chi connectivity index (χ3v) is 11.4. The molecule has 0 aromatic heterocycles. The fourth-order valence-electron chi connectivity index (χ4n) is 10.2. The number of esters is 1. The molecule has 8 aliphatic rings. The molecular formula is C28H36O10. The number of aldehydes is 1. The zero-order valence-electron chi connectivity index (χ0n) is 22.1. The van der Waals surface area contributed by atoms with Crippen LogP contribution < -0.4 is 0 Å². The number of aliphatic hydroxyl groups is 1. The topological polar surface area (TPSA) is 138 Å². The van der Waals surface area contributed by atoms with Gasteiger partial charge in [0.1, 0.15) is 17.8 Å². The van der Waals surface area contributed by atoms with Crippen molar-refractivity contribution in [2.24, 2.45) is 45.8 Å². The number of aliphatic hydroxyl groups excluding tert-OH is 1. The van der Waals surface area contributed by atoms with E-state index in [0.717, 1.165) is 24.7 Å². The summed E-state index contributed by atoms with van der Waals surface area (Å²) in [5.41, 5.74) is -2.50. The number of hydrogen-bond donors (Lipinski definition) is 2. The maximum atomic E-state index is 13.6. The van der Waals surface area contributed by atoms with E-state index in [4.69, 9.17) is 23.7 Å². The molecule has 0 spiro atoms. The molecule has 0 amide bonds. The molecule has 4 aliphatic heterocycles. The minimum atomic E-state index is -1.86. The van der Waals surface area contributed by atoms with E-state index in [0.29, 0.717) is 18.8 Å². The molecule has 2 N–H and O–H groups in total. The Morgan fingerprint density at radius 3 is 2.63 bits per heavy atom. The van der Waals surface area contributed by atoms with Crippen molar-refractivity contribution in [2.75, 3.05) is 6.61 Å². The molecule has 4 saturated heterocycles. The van der Waals surface area contributed by atoms with Crippen LogP contribution in [0.25, 0.3) is 0 Å². The average Bonchev–Trinajstić information content (AvgIpc) is 3.58. The Labute approximate surface area is 221 Å². The van der Waals surface area contributed by atoms with Crippen LogP contribution in [0.4, 0.5) is 0 Å². The molecule has 8 rings (SSSR count). The fourth-order valence-corrected chi connectivity index (χ4v) is 10.2. The molecule has 3 saturated carbocycles. The second-order valence-corrected chi connectivity index (χ2v) is 13.1. The summed E-state index contributed by atoms with van der Waals surface area (Å²) in [6, 6.07) is 0. The fraction of sp³-hybridized carbons (Fsp3) is 0.821. The van der Waals surface area contributed by atoms with E-state index >= 15 is 0 Å². The van der Waals surface area contributed by atoms with Gasteiger partial charge in [0, 0.05) is 12.3 Å². The van der Waals surface area contributed by atoms with Crippen LogP contribution in [0, 0.1) is 45.8 Å². The van der Waals surface area contributed by atoms with Crippen LogP contribution in [0.5, 0.6) is 0 Å². The van der Waals surface area contributed by atoms with Crippen molar-refractivity contribution in [1.82, 2.24) is 0 Å². The number of fused-ring (bicyclic) bond motifs is 2. The summed E-state index contributed by atoms with van der Waals surface area (Å²) >= 11 is 0. The molecule has 10 heteroatoms. The Hall–Kier alpha value is -1.85. The van der Waals surface area contributed by atoms with E-state index in [9.17, 15) is 24.6 Å². The molecule has 10 nitrogen and oxygen atoms in total. The summed E-state index contributed by atoms with van der Waals surface area (Å²) in [4.78, 5) is 38.4. The summed E-state index contributed by atoms with van der Waals surface area (Å²) in [7, 11) is 0. The van der Waals surface area contributed by atoms with Crippen LogP contribution >= 0.6 is 0 Å². The van der Waals surface area contributed by atoms with Crippen molar-refractivity contribution in [3.05, 3.63) is 11.6 Å². The van der Waals surface area contributed by atoms with Gasteiger partial charge in [-0.05, 0) is 48.9 Å². The van der Waals surface area contributed by atoms with Crippen molar-refractivity contribution in [3.8, 4) is 0 Å². The first kappa shape index (κ1) is 25.1. The lowest BCUT2D eigenvalue weighted by Crippen LogP contribution is -2.66. The number of carbonyl (C=O) groups excluding carboxylic acids is 2. The summed E-state index contributed by atoms with van der Waals surface area (Å²) in [6.45, 7) is 7.41. The third kappa shape index (κ3) is 2.56. The Morgan fingerprint density at radius 1 is 1.21 bits per heavy atom. The molecule has 4 heterocycles. The molecule has 7 fully saturated rings. The molecular weight excluding hydrogens is 496 g/mol. The van der Waals surface area contributed by atoms with Crippen molar-refractivity contribution in [2.45, 2.75) is 90.1 Å². The van der Waals surface area contributed by atoms with Gasteiger partial charge in [-0.15, -0.1) is 0 Å². The van der Waals surface area contributed by atoms with Gasteiger partial charge in [0.05, 0.1) is 12.0 Å². The molecule has 4 aliphatic carbocycles. The van der Waals surface area contributed by atoms with Crippen LogP contribution in [0.1, 0.15) is 53.4 Å². The van der Waals surface area contributed by atoms with Gasteiger partial charge in [0.15, 0.2) is 24.6 Å². The Bertz CT molecular complexity index is 1130. The molecule has 0 unspecified atom stereocenters. The Kier molecular flexibility index (Phi) is 5.07. The van der Waals surface area contributed by atoms with Gasteiger partial charge < -0.3 is 34.0 Å². The highest BCUT2D eigenvalue weighted by Crippen LogP contribution is 2.82. The van der Waals surface area contributed by atoms with E-state index in [-0.39, 0.29) is 30.3 Å².